The minimum Gasteiger partial charge on any atom is -0.508 e. The number of hydrogen-bond donors (Lipinski definition) is 1. The third-order valence-electron chi connectivity index (χ3n) is 4.91. The highest BCUT2D eigenvalue weighted by Gasteiger charge is 2.10. The van der Waals surface area contributed by atoms with Gasteiger partial charge in [-0.1, -0.05) is 79.4 Å². The second kappa shape index (κ2) is 10.2. The summed E-state index contributed by atoms with van der Waals surface area (Å²) in [6, 6.07) is 6.23. The van der Waals surface area contributed by atoms with E-state index in [9.17, 15) is 5.11 Å². The fourth-order valence-electron chi connectivity index (χ4n) is 3.30. The molecule has 0 radical (unpaired) electrons. The van der Waals surface area contributed by atoms with Crippen molar-refractivity contribution in [3.63, 3.8) is 0 Å². The standard InChI is InChI=1S/C24H42O/c1-23(2,3)17-11-8-7-9-13-20-15-16-22(25)21(19-20)14-10-12-18-24(4,5)6/h15-16,19,25H,7-14,17-18H2,1-6H3. The number of hydrogen-bond acceptors (Lipinski definition) is 1. The molecule has 144 valence electrons. The van der Waals surface area contributed by atoms with Gasteiger partial charge in [0.2, 0.25) is 0 Å². The van der Waals surface area contributed by atoms with E-state index in [-0.39, 0.29) is 0 Å². The van der Waals surface area contributed by atoms with Gasteiger partial charge in [-0.15, -0.1) is 0 Å². The molecule has 0 bridgehead atoms. The molecule has 0 unspecified atom stereocenters. The van der Waals surface area contributed by atoms with Crippen molar-refractivity contribution in [1.29, 1.82) is 0 Å². The smallest absolute Gasteiger partial charge is 0.118 e. The Balaban J connectivity index is 2.31. The molecular formula is C24H42O. The van der Waals surface area contributed by atoms with Crippen molar-refractivity contribution >= 4 is 0 Å². The van der Waals surface area contributed by atoms with Gasteiger partial charge in [0.1, 0.15) is 5.75 Å². The molecule has 0 aliphatic carbocycles. The third kappa shape index (κ3) is 11.3. The predicted molar refractivity (Wildman–Crippen MR) is 111 cm³/mol. The first-order chi connectivity index (χ1) is 11.6. The van der Waals surface area contributed by atoms with Gasteiger partial charge in [-0.2, -0.15) is 0 Å². The van der Waals surface area contributed by atoms with Crippen LogP contribution in [-0.4, -0.2) is 5.11 Å². The molecule has 0 saturated heterocycles. The maximum Gasteiger partial charge on any atom is 0.118 e. The van der Waals surface area contributed by atoms with E-state index in [1.165, 1.54) is 56.9 Å². The van der Waals surface area contributed by atoms with Crippen molar-refractivity contribution < 1.29 is 5.11 Å². The average Bonchev–Trinajstić information content (AvgIpc) is 2.47. The zero-order valence-corrected chi connectivity index (χ0v) is 17.8. The Morgan fingerprint density at radius 2 is 1.20 bits per heavy atom. The van der Waals surface area contributed by atoms with Crippen LogP contribution in [0, 0.1) is 10.8 Å². The lowest BCUT2D eigenvalue weighted by Crippen LogP contribution is -2.04. The summed E-state index contributed by atoms with van der Waals surface area (Å²) in [5.41, 5.74) is 3.41. The van der Waals surface area contributed by atoms with Crippen LogP contribution in [0.25, 0.3) is 0 Å². The molecule has 1 rings (SSSR count). The number of aromatic hydroxyl groups is 1. The van der Waals surface area contributed by atoms with Gasteiger partial charge in [0.05, 0.1) is 0 Å². The first kappa shape index (κ1) is 22.1. The van der Waals surface area contributed by atoms with Crippen LogP contribution in [0.1, 0.15) is 104 Å². The van der Waals surface area contributed by atoms with E-state index in [0.717, 1.165) is 18.4 Å². The molecule has 1 aromatic carbocycles. The summed E-state index contributed by atoms with van der Waals surface area (Å²) in [4.78, 5) is 0. The van der Waals surface area contributed by atoms with Gasteiger partial charge >= 0.3 is 0 Å². The number of phenolic OH excluding ortho intramolecular Hbond substituents is 1. The van der Waals surface area contributed by atoms with Gasteiger partial charge in [0.15, 0.2) is 0 Å². The summed E-state index contributed by atoms with van der Waals surface area (Å²) in [7, 11) is 0. The fourth-order valence-corrected chi connectivity index (χ4v) is 3.30. The normalized spacial score (nSPS) is 12.6. The molecule has 0 heterocycles. The Morgan fingerprint density at radius 3 is 1.80 bits per heavy atom. The lowest BCUT2D eigenvalue weighted by molar-refractivity contribution is 0.357. The Kier molecular flexibility index (Phi) is 9.03. The van der Waals surface area contributed by atoms with Crippen LogP contribution in [0.2, 0.25) is 0 Å². The van der Waals surface area contributed by atoms with Crippen LogP contribution in [0.5, 0.6) is 5.75 Å². The molecule has 0 saturated carbocycles. The second-order valence-corrected chi connectivity index (χ2v) is 10.2. The van der Waals surface area contributed by atoms with Crippen LogP contribution in [-0.2, 0) is 12.8 Å². The van der Waals surface area contributed by atoms with Crippen molar-refractivity contribution in [2.45, 2.75) is 106 Å². The summed E-state index contributed by atoms with van der Waals surface area (Å²) >= 11 is 0. The fraction of sp³-hybridized carbons (Fsp3) is 0.750. The maximum atomic E-state index is 10.1. The molecule has 0 spiro atoms. The lowest BCUT2D eigenvalue weighted by Gasteiger charge is -2.17. The van der Waals surface area contributed by atoms with Crippen molar-refractivity contribution in [3.05, 3.63) is 29.3 Å². The number of benzene rings is 1. The lowest BCUT2D eigenvalue weighted by atomic mass is 9.89. The van der Waals surface area contributed by atoms with Crippen LogP contribution in [0.15, 0.2) is 18.2 Å². The van der Waals surface area contributed by atoms with Gasteiger partial charge < -0.3 is 5.11 Å². The van der Waals surface area contributed by atoms with Crippen molar-refractivity contribution in [3.8, 4) is 5.75 Å². The molecule has 0 aliphatic rings. The van der Waals surface area contributed by atoms with E-state index < -0.39 is 0 Å². The number of rotatable bonds is 10. The number of aryl methyl sites for hydroxylation is 2. The Morgan fingerprint density at radius 1 is 0.680 bits per heavy atom. The van der Waals surface area contributed by atoms with E-state index in [2.05, 4.69) is 53.7 Å². The zero-order chi connectivity index (χ0) is 18.9. The first-order valence-corrected chi connectivity index (χ1v) is 10.4. The summed E-state index contributed by atoms with van der Waals surface area (Å²) in [5, 5.41) is 10.1. The summed E-state index contributed by atoms with van der Waals surface area (Å²) in [6.07, 6.45) is 12.4. The SMILES string of the molecule is CC(C)(C)CCCCCCc1ccc(O)c(CCCCC(C)(C)C)c1. The quantitative estimate of drug-likeness (QED) is 0.430. The van der Waals surface area contributed by atoms with Gasteiger partial charge in [-0.3, -0.25) is 0 Å². The molecule has 1 aromatic rings. The Hall–Kier alpha value is -0.980. The molecular weight excluding hydrogens is 304 g/mol. The first-order valence-electron chi connectivity index (χ1n) is 10.4. The Bertz CT molecular complexity index is 488. The number of unbranched alkanes of at least 4 members (excludes halogenated alkanes) is 4. The maximum absolute atomic E-state index is 10.1. The molecule has 0 atom stereocenters. The van der Waals surface area contributed by atoms with Crippen molar-refractivity contribution in [2.24, 2.45) is 10.8 Å². The largest absolute Gasteiger partial charge is 0.508 e. The van der Waals surface area contributed by atoms with Crippen LogP contribution in [0.4, 0.5) is 0 Å². The van der Waals surface area contributed by atoms with E-state index in [4.69, 9.17) is 0 Å². The topological polar surface area (TPSA) is 20.2 Å². The molecule has 0 fully saturated rings. The Labute approximate surface area is 157 Å². The molecule has 1 nitrogen and oxygen atoms in total. The van der Waals surface area contributed by atoms with Gasteiger partial charge in [0.25, 0.3) is 0 Å². The summed E-state index contributed by atoms with van der Waals surface area (Å²) in [5.74, 6) is 0.477. The van der Waals surface area contributed by atoms with E-state index in [1.807, 2.05) is 6.07 Å². The predicted octanol–water partition coefficient (Wildman–Crippen LogP) is 7.69. The highest BCUT2D eigenvalue weighted by atomic mass is 16.3. The van der Waals surface area contributed by atoms with Crippen LogP contribution < -0.4 is 0 Å². The molecule has 1 heteroatoms. The van der Waals surface area contributed by atoms with Gasteiger partial charge in [-0.05, 0) is 66.5 Å². The number of phenols is 1. The van der Waals surface area contributed by atoms with Gasteiger partial charge in [-0.25, -0.2) is 0 Å². The van der Waals surface area contributed by atoms with Gasteiger partial charge in [0, 0.05) is 0 Å². The molecule has 0 aliphatic heterocycles. The highest BCUT2D eigenvalue weighted by molar-refractivity contribution is 5.36. The zero-order valence-electron chi connectivity index (χ0n) is 17.8. The summed E-state index contributed by atoms with van der Waals surface area (Å²) < 4.78 is 0. The molecule has 25 heavy (non-hydrogen) atoms. The second-order valence-electron chi connectivity index (χ2n) is 10.2. The van der Waals surface area contributed by atoms with Crippen molar-refractivity contribution in [1.82, 2.24) is 0 Å². The van der Waals surface area contributed by atoms with Crippen LogP contribution >= 0.6 is 0 Å². The summed E-state index contributed by atoms with van der Waals surface area (Å²) in [6.45, 7) is 13.9. The minimum atomic E-state index is 0.414. The van der Waals surface area contributed by atoms with Crippen LogP contribution in [0.3, 0.4) is 0 Å². The van der Waals surface area contributed by atoms with Crippen molar-refractivity contribution in [2.75, 3.05) is 0 Å². The van der Waals surface area contributed by atoms with E-state index >= 15 is 0 Å². The minimum absolute atomic E-state index is 0.414. The van der Waals surface area contributed by atoms with E-state index in [0.29, 0.717) is 16.6 Å². The molecule has 1 N–H and O–H groups in total. The molecule has 0 aromatic heterocycles. The average molecular weight is 347 g/mol. The monoisotopic (exact) mass is 346 g/mol. The molecule has 0 amide bonds. The highest BCUT2D eigenvalue weighted by Crippen LogP contribution is 2.26. The van der Waals surface area contributed by atoms with E-state index in [1.54, 1.807) is 0 Å². The third-order valence-corrected chi connectivity index (χ3v) is 4.91.